The molecule has 148 valence electrons. The van der Waals surface area contributed by atoms with Gasteiger partial charge >= 0.3 is 0 Å². The smallest absolute Gasteiger partial charge is 0.294 e. The molecule has 4 nitrogen and oxygen atoms in total. The zero-order valence-corrected chi connectivity index (χ0v) is 16.8. The van der Waals surface area contributed by atoms with Gasteiger partial charge in [0, 0.05) is 6.54 Å². The van der Waals surface area contributed by atoms with E-state index in [1.807, 2.05) is 12.1 Å². The lowest BCUT2D eigenvalue weighted by atomic mass is 10.0. The van der Waals surface area contributed by atoms with Crippen LogP contribution in [0.25, 0.3) is 0 Å². The van der Waals surface area contributed by atoms with E-state index >= 15 is 0 Å². The summed E-state index contributed by atoms with van der Waals surface area (Å²) in [5.41, 5.74) is 0.720. The fourth-order valence-corrected chi connectivity index (χ4v) is 3.90. The maximum atomic E-state index is 11.3. The molecule has 0 bridgehead atoms. The number of benzene rings is 1. The van der Waals surface area contributed by atoms with Crippen molar-refractivity contribution in [2.24, 2.45) is 0 Å². The number of rotatable bonds is 16. The van der Waals surface area contributed by atoms with Crippen molar-refractivity contribution in [3.05, 3.63) is 42.5 Å². The summed E-state index contributed by atoms with van der Waals surface area (Å²) in [6, 6.07) is 6.72. The van der Waals surface area contributed by atoms with Crippen LogP contribution in [0, 0.1) is 0 Å². The van der Waals surface area contributed by atoms with E-state index in [0.29, 0.717) is 6.42 Å². The predicted molar refractivity (Wildman–Crippen MR) is 109 cm³/mol. The second kappa shape index (κ2) is 14.0. The third-order valence-corrected chi connectivity index (χ3v) is 5.54. The molecule has 0 aliphatic rings. The Labute approximate surface area is 159 Å². The van der Waals surface area contributed by atoms with Crippen molar-refractivity contribution < 1.29 is 13.0 Å². The van der Waals surface area contributed by atoms with Gasteiger partial charge in [-0.1, -0.05) is 75.6 Å². The summed E-state index contributed by atoms with van der Waals surface area (Å²) in [5.74, 6) is 0. The first-order valence-corrected chi connectivity index (χ1v) is 11.4. The highest BCUT2D eigenvalue weighted by atomic mass is 32.2. The minimum atomic E-state index is -4.11. The maximum Gasteiger partial charge on any atom is 0.294 e. The van der Waals surface area contributed by atoms with Crippen molar-refractivity contribution in [3.63, 3.8) is 0 Å². The van der Waals surface area contributed by atoms with Crippen molar-refractivity contribution in [2.45, 2.75) is 75.5 Å². The molecular formula is C21H35NO3S. The van der Waals surface area contributed by atoms with E-state index in [2.05, 4.69) is 11.9 Å². The van der Waals surface area contributed by atoms with Gasteiger partial charge < -0.3 is 5.32 Å². The zero-order chi connectivity index (χ0) is 19.1. The molecule has 0 fully saturated rings. The van der Waals surface area contributed by atoms with E-state index in [9.17, 15) is 13.0 Å². The number of unbranched alkanes of at least 4 members (excludes halogenated alkanes) is 9. The van der Waals surface area contributed by atoms with E-state index < -0.39 is 10.1 Å². The molecule has 1 aromatic carbocycles. The molecule has 0 unspecified atom stereocenters. The van der Waals surface area contributed by atoms with Crippen molar-refractivity contribution in [1.29, 1.82) is 0 Å². The average molecular weight is 382 g/mol. The highest BCUT2D eigenvalue weighted by Crippen LogP contribution is 2.18. The minimum Gasteiger partial charge on any atom is -0.313 e. The molecule has 1 rings (SSSR count). The summed E-state index contributed by atoms with van der Waals surface area (Å²) < 4.78 is 31.9. The Morgan fingerprint density at radius 3 is 2.00 bits per heavy atom. The number of aryl methyl sites for hydroxylation is 1. The Morgan fingerprint density at radius 1 is 0.885 bits per heavy atom. The van der Waals surface area contributed by atoms with Crippen LogP contribution >= 0.6 is 0 Å². The van der Waals surface area contributed by atoms with Gasteiger partial charge in [-0.15, -0.1) is 6.58 Å². The Kier molecular flexibility index (Phi) is 12.3. The molecule has 0 saturated carbocycles. The fraction of sp³-hybridized carbons (Fsp3) is 0.619. The van der Waals surface area contributed by atoms with Gasteiger partial charge in [-0.05, 0) is 37.4 Å². The third-order valence-electron chi connectivity index (χ3n) is 4.59. The minimum absolute atomic E-state index is 0.0553. The highest BCUT2D eigenvalue weighted by Gasteiger charge is 2.13. The molecule has 0 radical (unpaired) electrons. The van der Waals surface area contributed by atoms with Crippen molar-refractivity contribution in [3.8, 4) is 0 Å². The van der Waals surface area contributed by atoms with Crippen molar-refractivity contribution in [2.75, 3.05) is 13.1 Å². The van der Waals surface area contributed by atoms with Crippen LogP contribution in [0.3, 0.4) is 0 Å². The van der Waals surface area contributed by atoms with Crippen LogP contribution in [0.4, 0.5) is 0 Å². The van der Waals surface area contributed by atoms with Gasteiger partial charge in [-0.25, -0.2) is 0 Å². The van der Waals surface area contributed by atoms with Crippen LogP contribution < -0.4 is 5.32 Å². The molecule has 0 atom stereocenters. The Hall–Kier alpha value is -1.17. The summed E-state index contributed by atoms with van der Waals surface area (Å²) in [6.45, 7) is 5.68. The van der Waals surface area contributed by atoms with Crippen LogP contribution in [0.5, 0.6) is 0 Å². The molecule has 0 heterocycles. The lowest BCUT2D eigenvalue weighted by Gasteiger charge is -2.07. The van der Waals surface area contributed by atoms with E-state index in [4.69, 9.17) is 0 Å². The molecular weight excluding hydrogens is 346 g/mol. The summed E-state index contributed by atoms with van der Waals surface area (Å²) >= 11 is 0. The first-order chi connectivity index (χ1) is 12.6. The molecule has 1 aromatic rings. The Morgan fingerprint density at radius 2 is 1.42 bits per heavy atom. The molecule has 26 heavy (non-hydrogen) atoms. The summed E-state index contributed by atoms with van der Waals surface area (Å²) in [7, 11) is -4.11. The quantitative estimate of drug-likeness (QED) is 0.236. The van der Waals surface area contributed by atoms with Crippen LogP contribution in [0.1, 0.15) is 69.8 Å². The molecule has 0 spiro atoms. The summed E-state index contributed by atoms with van der Waals surface area (Å²) in [4.78, 5) is 0.0553. The van der Waals surface area contributed by atoms with Crippen LogP contribution in [0.15, 0.2) is 41.8 Å². The predicted octanol–water partition coefficient (Wildman–Crippen LogP) is 5.15. The van der Waals surface area contributed by atoms with Gasteiger partial charge in [0.2, 0.25) is 0 Å². The number of hydrogen-bond acceptors (Lipinski definition) is 3. The molecule has 2 N–H and O–H groups in total. The average Bonchev–Trinajstić information content (AvgIpc) is 2.61. The molecule has 0 aliphatic heterocycles. The van der Waals surface area contributed by atoms with Crippen molar-refractivity contribution >= 4 is 10.1 Å². The monoisotopic (exact) mass is 381 g/mol. The van der Waals surface area contributed by atoms with Crippen LogP contribution in [-0.4, -0.2) is 26.1 Å². The van der Waals surface area contributed by atoms with Gasteiger partial charge in [0.25, 0.3) is 10.1 Å². The number of nitrogens with one attached hydrogen (secondary N) is 1. The van der Waals surface area contributed by atoms with Crippen molar-refractivity contribution in [1.82, 2.24) is 5.32 Å². The molecule has 0 amide bonds. The molecule has 0 aromatic heterocycles. The van der Waals surface area contributed by atoms with E-state index in [1.165, 1.54) is 57.4 Å². The topological polar surface area (TPSA) is 66.4 Å². The molecule has 0 aliphatic carbocycles. The van der Waals surface area contributed by atoms with Gasteiger partial charge in [-0.3, -0.25) is 4.55 Å². The maximum absolute atomic E-state index is 11.3. The lowest BCUT2D eigenvalue weighted by Crippen LogP contribution is -2.14. The second-order valence-electron chi connectivity index (χ2n) is 6.86. The first kappa shape index (κ1) is 22.9. The summed E-state index contributed by atoms with van der Waals surface area (Å²) in [5, 5.41) is 3.32. The number of hydrogen-bond donors (Lipinski definition) is 2. The standard InChI is InChI=1S/C21H35NO3S/c1-2-18-22-19-14-10-8-6-4-3-5-7-9-11-15-20-16-12-13-17-21(20)26(23,24)25/h2,12-13,16-17,22H,1,3-11,14-15,18-19H2,(H,23,24,25). The summed E-state index contributed by atoms with van der Waals surface area (Å²) in [6.07, 6.45) is 14.9. The fourth-order valence-electron chi connectivity index (χ4n) is 3.15. The van der Waals surface area contributed by atoms with E-state index in [0.717, 1.165) is 31.5 Å². The normalized spacial score (nSPS) is 11.6. The Balaban J connectivity index is 1.98. The van der Waals surface area contributed by atoms with E-state index in [1.54, 1.807) is 12.1 Å². The third kappa shape index (κ3) is 10.7. The molecule has 0 saturated heterocycles. The van der Waals surface area contributed by atoms with Crippen LogP contribution in [0.2, 0.25) is 0 Å². The second-order valence-corrected chi connectivity index (χ2v) is 8.25. The van der Waals surface area contributed by atoms with E-state index in [-0.39, 0.29) is 4.90 Å². The Bertz CT molecular complexity index is 599. The lowest BCUT2D eigenvalue weighted by molar-refractivity contribution is 0.481. The zero-order valence-electron chi connectivity index (χ0n) is 16.0. The SMILES string of the molecule is C=CCNCCCCCCCCCCCCc1ccccc1S(=O)(=O)O. The van der Waals surface area contributed by atoms with Gasteiger partial charge in [0.1, 0.15) is 0 Å². The van der Waals surface area contributed by atoms with Gasteiger partial charge in [0.15, 0.2) is 0 Å². The van der Waals surface area contributed by atoms with Gasteiger partial charge in [0.05, 0.1) is 4.90 Å². The van der Waals surface area contributed by atoms with Crippen LogP contribution in [-0.2, 0) is 16.5 Å². The highest BCUT2D eigenvalue weighted by molar-refractivity contribution is 7.85. The van der Waals surface area contributed by atoms with Gasteiger partial charge in [-0.2, -0.15) is 8.42 Å². The molecule has 5 heteroatoms. The largest absolute Gasteiger partial charge is 0.313 e. The first-order valence-electron chi connectivity index (χ1n) is 9.92.